The van der Waals surface area contributed by atoms with Crippen molar-refractivity contribution >= 4 is 42.5 Å². The molecule has 0 radical (unpaired) electrons. The number of nitrogens with zero attached hydrogens (tertiary/aromatic N) is 2. The topological polar surface area (TPSA) is 95.0 Å². The predicted molar refractivity (Wildman–Crippen MR) is 123 cm³/mol. The largest absolute Gasteiger partial charge is 0.497 e. The van der Waals surface area contributed by atoms with Crippen molar-refractivity contribution in [3.8, 4) is 11.5 Å². The molecule has 8 nitrogen and oxygen atoms in total. The van der Waals surface area contributed by atoms with Gasteiger partial charge in [0.25, 0.3) is 0 Å². The number of anilines is 1. The summed E-state index contributed by atoms with van der Waals surface area (Å²) in [6, 6.07) is 12.0. The first-order valence-corrected chi connectivity index (χ1v) is 12.6. The molecule has 1 saturated heterocycles. The van der Waals surface area contributed by atoms with E-state index < -0.39 is 9.84 Å². The second-order valence-electron chi connectivity index (χ2n) is 7.42. The summed E-state index contributed by atoms with van der Waals surface area (Å²) >= 11 is 1.57. The van der Waals surface area contributed by atoms with Gasteiger partial charge in [-0.25, -0.2) is 13.4 Å². The molecule has 0 bridgehead atoms. The summed E-state index contributed by atoms with van der Waals surface area (Å²) in [5.74, 6) is 0.828. The van der Waals surface area contributed by atoms with Crippen LogP contribution in [0.15, 0.2) is 47.4 Å². The fourth-order valence-electron chi connectivity index (χ4n) is 3.43. The first kappa shape index (κ1) is 22.3. The van der Waals surface area contributed by atoms with Gasteiger partial charge in [0.05, 0.1) is 42.7 Å². The molecule has 170 valence electrons. The summed E-state index contributed by atoms with van der Waals surface area (Å²) in [7, 11) is -0.312. The molecular formula is C22H24N2O6S2. The zero-order valence-electron chi connectivity index (χ0n) is 17.8. The Labute approximate surface area is 190 Å². The van der Waals surface area contributed by atoms with Crippen molar-refractivity contribution < 1.29 is 27.4 Å². The van der Waals surface area contributed by atoms with E-state index in [0.29, 0.717) is 18.8 Å². The second-order valence-corrected chi connectivity index (χ2v) is 10.5. The molecule has 0 spiro atoms. The van der Waals surface area contributed by atoms with Crippen molar-refractivity contribution in [3.05, 3.63) is 42.5 Å². The zero-order valence-corrected chi connectivity index (χ0v) is 19.4. The first-order valence-electron chi connectivity index (χ1n) is 10.1. The van der Waals surface area contributed by atoms with Gasteiger partial charge in [-0.2, -0.15) is 0 Å². The van der Waals surface area contributed by atoms with Gasteiger partial charge >= 0.3 is 5.97 Å². The molecule has 0 unspecified atom stereocenters. The fourth-order valence-corrected chi connectivity index (χ4v) is 5.74. The minimum Gasteiger partial charge on any atom is -0.497 e. The van der Waals surface area contributed by atoms with E-state index in [1.54, 1.807) is 30.6 Å². The van der Waals surface area contributed by atoms with Gasteiger partial charge in [0.15, 0.2) is 15.0 Å². The van der Waals surface area contributed by atoms with E-state index in [9.17, 15) is 13.2 Å². The molecule has 1 aromatic heterocycles. The predicted octanol–water partition coefficient (Wildman–Crippen LogP) is 3.30. The molecule has 0 amide bonds. The van der Waals surface area contributed by atoms with Gasteiger partial charge < -0.3 is 19.1 Å². The van der Waals surface area contributed by atoms with Crippen molar-refractivity contribution in [2.75, 3.05) is 38.0 Å². The highest BCUT2D eigenvalue weighted by Gasteiger charge is 2.32. The van der Waals surface area contributed by atoms with Crippen LogP contribution in [0.4, 0.5) is 5.13 Å². The third-order valence-corrected chi connectivity index (χ3v) is 8.12. The normalized spacial score (nSPS) is 14.2. The van der Waals surface area contributed by atoms with Crippen LogP contribution in [0.25, 0.3) is 10.2 Å². The number of thiazole rings is 1. The number of ether oxygens (including phenoxy) is 3. The van der Waals surface area contributed by atoms with Crippen LogP contribution in [0.2, 0.25) is 0 Å². The number of fused-ring (bicyclic) bond motifs is 1. The minimum absolute atomic E-state index is 0.0597. The lowest BCUT2D eigenvalue weighted by atomic mass is 10.2. The number of rotatable bonds is 9. The van der Waals surface area contributed by atoms with Gasteiger partial charge in [-0.05, 0) is 42.8 Å². The number of carbonyl (C=O) groups excluding carboxylic acids is 1. The highest BCUT2D eigenvalue weighted by molar-refractivity contribution is 7.91. The summed E-state index contributed by atoms with van der Waals surface area (Å²) in [5, 5.41) is 0.863. The Balaban J connectivity index is 1.23. The molecule has 0 aliphatic carbocycles. The molecule has 2 aromatic carbocycles. The monoisotopic (exact) mass is 476 g/mol. The molecular weight excluding hydrogens is 452 g/mol. The highest BCUT2D eigenvalue weighted by atomic mass is 32.2. The third kappa shape index (κ3) is 4.81. The standard InChI is InChI=1S/C22H24N2O6S2/c1-28-15-8-10-17(11-9-15)32(26,27)12-4-7-20(25)30-16-13-24(14-16)22-23-21-18(29-2)5-3-6-19(21)31-22/h3,5-6,8-11,16H,4,7,12-14H2,1-2H3. The maximum atomic E-state index is 12.4. The molecule has 1 aliphatic rings. The smallest absolute Gasteiger partial charge is 0.306 e. The number of aromatic nitrogens is 1. The van der Waals surface area contributed by atoms with Crippen molar-refractivity contribution in [3.63, 3.8) is 0 Å². The average molecular weight is 477 g/mol. The lowest BCUT2D eigenvalue weighted by Crippen LogP contribution is -2.53. The van der Waals surface area contributed by atoms with E-state index in [2.05, 4.69) is 9.88 Å². The Morgan fingerprint density at radius 1 is 1.12 bits per heavy atom. The molecule has 1 fully saturated rings. The third-order valence-electron chi connectivity index (χ3n) is 5.22. The maximum absolute atomic E-state index is 12.4. The minimum atomic E-state index is -3.45. The Morgan fingerprint density at radius 2 is 1.88 bits per heavy atom. The second kappa shape index (κ2) is 9.33. The molecule has 2 heterocycles. The van der Waals surface area contributed by atoms with E-state index in [1.165, 1.54) is 19.2 Å². The summed E-state index contributed by atoms with van der Waals surface area (Å²) in [6.45, 7) is 1.13. The lowest BCUT2D eigenvalue weighted by molar-refractivity contribution is -0.150. The fraction of sp³-hybridized carbons (Fsp3) is 0.364. The molecule has 0 saturated carbocycles. The van der Waals surface area contributed by atoms with Crippen LogP contribution >= 0.6 is 11.3 Å². The van der Waals surface area contributed by atoms with Gasteiger partial charge in [-0.1, -0.05) is 17.4 Å². The summed E-state index contributed by atoms with van der Waals surface area (Å²) in [5.41, 5.74) is 0.827. The summed E-state index contributed by atoms with van der Waals surface area (Å²) in [6.07, 6.45) is 0.0560. The summed E-state index contributed by atoms with van der Waals surface area (Å²) < 4.78 is 41.7. The van der Waals surface area contributed by atoms with Gasteiger partial charge in [0.2, 0.25) is 0 Å². The van der Waals surface area contributed by atoms with Crippen molar-refractivity contribution in [2.24, 2.45) is 0 Å². The Bertz CT molecular complexity index is 1200. The molecule has 0 atom stereocenters. The van der Waals surface area contributed by atoms with Crippen LogP contribution in [-0.2, 0) is 19.4 Å². The van der Waals surface area contributed by atoms with E-state index in [0.717, 1.165) is 21.1 Å². The van der Waals surface area contributed by atoms with Gasteiger partial charge in [-0.3, -0.25) is 4.79 Å². The number of esters is 1. The number of hydrogen-bond acceptors (Lipinski definition) is 9. The molecule has 32 heavy (non-hydrogen) atoms. The van der Waals surface area contributed by atoms with E-state index >= 15 is 0 Å². The molecule has 0 N–H and O–H groups in total. The lowest BCUT2D eigenvalue weighted by Gasteiger charge is -2.38. The van der Waals surface area contributed by atoms with E-state index in [1.807, 2.05) is 18.2 Å². The van der Waals surface area contributed by atoms with Crippen LogP contribution in [0.3, 0.4) is 0 Å². The molecule has 1 aliphatic heterocycles. The molecule has 4 rings (SSSR count). The molecule has 3 aromatic rings. The number of carbonyl (C=O) groups is 1. The van der Waals surface area contributed by atoms with E-state index in [4.69, 9.17) is 14.2 Å². The van der Waals surface area contributed by atoms with Crippen molar-refractivity contribution in [1.82, 2.24) is 4.98 Å². The SMILES string of the molecule is COc1ccc(S(=O)(=O)CCCC(=O)OC2CN(c3nc4c(OC)cccc4s3)C2)cc1. The van der Waals surface area contributed by atoms with E-state index in [-0.39, 0.29) is 35.6 Å². The van der Waals surface area contributed by atoms with Crippen LogP contribution < -0.4 is 14.4 Å². The quantitative estimate of drug-likeness (QED) is 0.434. The number of para-hydroxylation sites is 1. The zero-order chi connectivity index (χ0) is 22.7. The molecule has 10 heteroatoms. The van der Waals surface area contributed by atoms with Crippen molar-refractivity contribution in [2.45, 2.75) is 23.8 Å². The Kier molecular flexibility index (Phi) is 6.52. The maximum Gasteiger partial charge on any atom is 0.306 e. The highest BCUT2D eigenvalue weighted by Crippen LogP contribution is 2.36. The van der Waals surface area contributed by atoms with Crippen molar-refractivity contribution in [1.29, 1.82) is 0 Å². The Hall–Kier alpha value is -2.85. The van der Waals surface area contributed by atoms with Crippen LogP contribution in [0.5, 0.6) is 11.5 Å². The van der Waals surface area contributed by atoms with Crippen LogP contribution in [0.1, 0.15) is 12.8 Å². The first-order chi connectivity index (χ1) is 15.4. The number of hydrogen-bond donors (Lipinski definition) is 0. The van der Waals surface area contributed by atoms with Crippen LogP contribution in [-0.4, -0.2) is 58.5 Å². The van der Waals surface area contributed by atoms with Gasteiger partial charge in [0, 0.05) is 6.42 Å². The van der Waals surface area contributed by atoms with Crippen LogP contribution in [0, 0.1) is 0 Å². The average Bonchev–Trinajstić information content (AvgIpc) is 3.19. The summed E-state index contributed by atoms with van der Waals surface area (Å²) in [4.78, 5) is 19.0. The number of methoxy groups -OCH3 is 2. The number of sulfone groups is 1. The van der Waals surface area contributed by atoms with Gasteiger partial charge in [-0.15, -0.1) is 0 Å². The Morgan fingerprint density at radius 3 is 2.56 bits per heavy atom. The van der Waals surface area contributed by atoms with Gasteiger partial charge in [0.1, 0.15) is 23.1 Å². The number of benzene rings is 2.